The Balaban J connectivity index is 2.19. The zero-order chi connectivity index (χ0) is 15.7. The van der Waals surface area contributed by atoms with Crippen LogP contribution in [-0.2, 0) is 9.47 Å². The molecule has 5 heteroatoms. The molecule has 1 saturated carbocycles. The lowest BCUT2D eigenvalue weighted by Gasteiger charge is -2.23. The Labute approximate surface area is 129 Å². The van der Waals surface area contributed by atoms with E-state index in [1.54, 1.807) is 0 Å². The van der Waals surface area contributed by atoms with Crippen molar-refractivity contribution in [2.45, 2.75) is 65.0 Å². The molecule has 0 saturated heterocycles. The molecule has 2 atom stereocenters. The third-order valence-corrected chi connectivity index (χ3v) is 3.64. The molecule has 0 radical (unpaired) electrons. The van der Waals surface area contributed by atoms with Gasteiger partial charge in [0.25, 0.3) is 0 Å². The Morgan fingerprint density at radius 2 is 2.05 bits per heavy atom. The monoisotopic (exact) mass is 300 g/mol. The predicted octanol–water partition coefficient (Wildman–Crippen LogP) is 2.70. The van der Waals surface area contributed by atoms with Gasteiger partial charge in [-0.3, -0.25) is 0 Å². The number of hydrogen-bond donors (Lipinski definition) is 2. The van der Waals surface area contributed by atoms with Gasteiger partial charge in [-0.15, -0.1) is 0 Å². The van der Waals surface area contributed by atoms with E-state index >= 15 is 0 Å². The summed E-state index contributed by atoms with van der Waals surface area (Å²) in [4.78, 5) is 11.7. The van der Waals surface area contributed by atoms with E-state index in [9.17, 15) is 4.79 Å². The summed E-state index contributed by atoms with van der Waals surface area (Å²) in [6.45, 7) is 10.9. The fourth-order valence-corrected chi connectivity index (χ4v) is 2.68. The molecule has 0 aliphatic heterocycles. The van der Waals surface area contributed by atoms with E-state index < -0.39 is 5.60 Å². The molecule has 1 rings (SSSR count). The fraction of sp³-hybridized carbons (Fsp3) is 0.938. The van der Waals surface area contributed by atoms with Crippen molar-refractivity contribution in [1.82, 2.24) is 10.6 Å². The maximum Gasteiger partial charge on any atom is 0.407 e. The Kier molecular flexibility index (Phi) is 8.04. The van der Waals surface area contributed by atoms with E-state index in [0.717, 1.165) is 26.2 Å². The van der Waals surface area contributed by atoms with Gasteiger partial charge in [0.1, 0.15) is 5.60 Å². The average molecular weight is 300 g/mol. The molecule has 0 spiro atoms. The van der Waals surface area contributed by atoms with E-state index in [2.05, 4.69) is 10.6 Å². The molecule has 2 N–H and O–H groups in total. The van der Waals surface area contributed by atoms with Gasteiger partial charge >= 0.3 is 6.09 Å². The average Bonchev–Trinajstić information content (AvgIpc) is 2.81. The van der Waals surface area contributed by atoms with Crippen molar-refractivity contribution < 1.29 is 14.3 Å². The van der Waals surface area contributed by atoms with E-state index in [0.29, 0.717) is 18.5 Å². The van der Waals surface area contributed by atoms with Crippen LogP contribution in [0, 0.1) is 5.92 Å². The molecular formula is C16H32N2O3. The Morgan fingerprint density at radius 3 is 2.71 bits per heavy atom. The number of alkyl carbamates (subject to hydrolysis) is 1. The first-order chi connectivity index (χ1) is 9.92. The van der Waals surface area contributed by atoms with Crippen LogP contribution < -0.4 is 10.6 Å². The van der Waals surface area contributed by atoms with Crippen LogP contribution in [0.15, 0.2) is 0 Å². The van der Waals surface area contributed by atoms with E-state index in [1.807, 2.05) is 27.7 Å². The largest absolute Gasteiger partial charge is 0.444 e. The molecule has 1 fully saturated rings. The standard InChI is InChI=1S/C16H32N2O3/c1-5-20-11-7-10-17-14-9-6-8-13(14)12-18-15(19)21-16(2,3)4/h13-14,17H,5-12H2,1-4H3,(H,18,19). The summed E-state index contributed by atoms with van der Waals surface area (Å²) < 4.78 is 10.6. The predicted molar refractivity (Wildman–Crippen MR) is 84.5 cm³/mol. The molecule has 0 aromatic rings. The van der Waals surface area contributed by atoms with Crippen LogP contribution in [0.1, 0.15) is 53.4 Å². The Bertz CT molecular complexity index is 302. The van der Waals surface area contributed by atoms with Crippen molar-refractivity contribution in [2.24, 2.45) is 5.92 Å². The summed E-state index contributed by atoms with van der Waals surface area (Å²) in [6, 6.07) is 0.501. The highest BCUT2D eigenvalue weighted by Crippen LogP contribution is 2.25. The molecule has 1 aliphatic rings. The van der Waals surface area contributed by atoms with Crippen LogP contribution in [0.25, 0.3) is 0 Å². The number of rotatable bonds is 8. The van der Waals surface area contributed by atoms with E-state index in [1.165, 1.54) is 19.3 Å². The molecule has 0 aromatic carbocycles. The van der Waals surface area contributed by atoms with Gasteiger partial charge in [-0.1, -0.05) is 6.42 Å². The lowest BCUT2D eigenvalue weighted by Crippen LogP contribution is -2.41. The summed E-state index contributed by atoms with van der Waals surface area (Å²) in [5.74, 6) is 0.504. The third-order valence-electron chi connectivity index (χ3n) is 3.64. The van der Waals surface area contributed by atoms with Gasteiger partial charge < -0.3 is 20.1 Å². The highest BCUT2D eigenvalue weighted by molar-refractivity contribution is 5.67. The second kappa shape index (κ2) is 9.26. The summed E-state index contributed by atoms with van der Waals surface area (Å²) in [5.41, 5.74) is -0.434. The van der Waals surface area contributed by atoms with Crippen LogP contribution in [0.5, 0.6) is 0 Å². The lowest BCUT2D eigenvalue weighted by molar-refractivity contribution is 0.0517. The zero-order valence-electron chi connectivity index (χ0n) is 14.0. The van der Waals surface area contributed by atoms with Crippen molar-refractivity contribution in [3.63, 3.8) is 0 Å². The second-order valence-electron chi connectivity index (χ2n) is 6.68. The van der Waals surface area contributed by atoms with Crippen molar-refractivity contribution >= 4 is 6.09 Å². The summed E-state index contributed by atoms with van der Waals surface area (Å²) in [5, 5.41) is 6.49. The van der Waals surface area contributed by atoms with Crippen LogP contribution in [-0.4, -0.2) is 44.0 Å². The van der Waals surface area contributed by atoms with Crippen molar-refractivity contribution in [3.8, 4) is 0 Å². The van der Waals surface area contributed by atoms with Crippen LogP contribution in [0.2, 0.25) is 0 Å². The number of carbonyl (C=O) groups excluding carboxylic acids is 1. The smallest absolute Gasteiger partial charge is 0.407 e. The molecule has 124 valence electrons. The van der Waals surface area contributed by atoms with Gasteiger partial charge in [0.05, 0.1) is 0 Å². The Hall–Kier alpha value is -0.810. The number of nitrogens with one attached hydrogen (secondary N) is 2. The quantitative estimate of drug-likeness (QED) is 0.677. The first-order valence-corrected chi connectivity index (χ1v) is 8.20. The van der Waals surface area contributed by atoms with E-state index in [4.69, 9.17) is 9.47 Å². The zero-order valence-corrected chi connectivity index (χ0v) is 14.0. The normalized spacial score (nSPS) is 22.3. The lowest BCUT2D eigenvalue weighted by atomic mass is 10.0. The maximum atomic E-state index is 11.7. The van der Waals surface area contributed by atoms with Crippen LogP contribution >= 0.6 is 0 Å². The highest BCUT2D eigenvalue weighted by Gasteiger charge is 2.27. The van der Waals surface area contributed by atoms with Gasteiger partial charge in [-0.25, -0.2) is 4.79 Å². The van der Waals surface area contributed by atoms with Gasteiger partial charge in [-0.05, 0) is 59.4 Å². The second-order valence-corrected chi connectivity index (χ2v) is 6.68. The van der Waals surface area contributed by atoms with Gasteiger partial charge in [0.2, 0.25) is 0 Å². The first-order valence-electron chi connectivity index (χ1n) is 8.20. The van der Waals surface area contributed by atoms with Crippen molar-refractivity contribution in [1.29, 1.82) is 0 Å². The minimum absolute atomic E-state index is 0.315. The van der Waals surface area contributed by atoms with Gasteiger partial charge in [0.15, 0.2) is 0 Å². The molecule has 2 unspecified atom stereocenters. The van der Waals surface area contributed by atoms with Crippen molar-refractivity contribution in [2.75, 3.05) is 26.3 Å². The number of amides is 1. The minimum atomic E-state index is -0.434. The summed E-state index contributed by atoms with van der Waals surface area (Å²) in [7, 11) is 0. The van der Waals surface area contributed by atoms with Gasteiger partial charge in [0, 0.05) is 25.8 Å². The molecule has 5 nitrogen and oxygen atoms in total. The molecule has 21 heavy (non-hydrogen) atoms. The number of carbonyl (C=O) groups is 1. The van der Waals surface area contributed by atoms with Gasteiger partial charge in [-0.2, -0.15) is 0 Å². The highest BCUT2D eigenvalue weighted by atomic mass is 16.6. The molecule has 1 aliphatic carbocycles. The first kappa shape index (κ1) is 18.2. The molecule has 0 bridgehead atoms. The van der Waals surface area contributed by atoms with Crippen molar-refractivity contribution in [3.05, 3.63) is 0 Å². The van der Waals surface area contributed by atoms with Crippen LogP contribution in [0.4, 0.5) is 4.79 Å². The maximum absolute atomic E-state index is 11.7. The Morgan fingerprint density at radius 1 is 1.29 bits per heavy atom. The minimum Gasteiger partial charge on any atom is -0.444 e. The molecule has 0 heterocycles. The molecule has 0 aromatic heterocycles. The summed E-state index contributed by atoms with van der Waals surface area (Å²) in [6.07, 6.45) is 4.30. The van der Waals surface area contributed by atoms with E-state index in [-0.39, 0.29) is 6.09 Å². The SMILES string of the molecule is CCOCCCNC1CCCC1CNC(=O)OC(C)(C)C. The van der Waals surface area contributed by atoms with Crippen LogP contribution in [0.3, 0.4) is 0 Å². The topological polar surface area (TPSA) is 59.6 Å². The third kappa shape index (κ3) is 8.27. The summed E-state index contributed by atoms with van der Waals surface area (Å²) >= 11 is 0. The number of hydrogen-bond acceptors (Lipinski definition) is 4. The number of ether oxygens (including phenoxy) is 2. The molecular weight excluding hydrogens is 268 g/mol. The molecule has 1 amide bonds. The fourth-order valence-electron chi connectivity index (χ4n) is 2.68.